The van der Waals surface area contributed by atoms with Crippen molar-refractivity contribution in [2.45, 2.75) is 29.9 Å². The van der Waals surface area contributed by atoms with Crippen LogP contribution in [0.1, 0.15) is 19.8 Å². The summed E-state index contributed by atoms with van der Waals surface area (Å²) in [7, 11) is 0. The van der Waals surface area contributed by atoms with Gasteiger partial charge in [0, 0.05) is 25.0 Å². The summed E-state index contributed by atoms with van der Waals surface area (Å²) in [5.74, 6) is 0. The lowest BCUT2D eigenvalue weighted by Crippen LogP contribution is -2.17. The van der Waals surface area contributed by atoms with Crippen LogP contribution in [0.2, 0.25) is 0 Å². The number of nitro groups is 1. The molecule has 1 heterocycles. The molecule has 1 aliphatic rings. The van der Waals surface area contributed by atoms with E-state index in [-0.39, 0.29) is 10.6 Å². The van der Waals surface area contributed by atoms with Gasteiger partial charge >= 0.3 is 5.69 Å². The fourth-order valence-corrected chi connectivity index (χ4v) is 3.35. The quantitative estimate of drug-likeness (QED) is 0.663. The zero-order valence-corrected chi connectivity index (χ0v) is 11.7. The molecule has 19 heavy (non-hydrogen) atoms. The Labute approximate surface area is 116 Å². The van der Waals surface area contributed by atoms with E-state index in [2.05, 4.69) is 5.32 Å². The number of nitrogens with zero attached hydrogens (tertiary/aromatic N) is 1. The number of hydrogen-bond acceptors (Lipinski definition) is 5. The monoisotopic (exact) mass is 282 g/mol. The first kappa shape index (κ1) is 14.1. The first-order valence-corrected chi connectivity index (χ1v) is 7.36. The fraction of sp³-hybridized carbons (Fsp3) is 0.538. The summed E-state index contributed by atoms with van der Waals surface area (Å²) in [5.41, 5.74) is 0.797. The van der Waals surface area contributed by atoms with Gasteiger partial charge in [-0.15, -0.1) is 11.8 Å². The number of ether oxygens (including phenoxy) is 1. The Morgan fingerprint density at radius 3 is 2.84 bits per heavy atom. The van der Waals surface area contributed by atoms with Crippen LogP contribution in [0.25, 0.3) is 0 Å². The Bertz CT molecular complexity index is 448. The summed E-state index contributed by atoms with van der Waals surface area (Å²) in [6.45, 7) is 4.10. The van der Waals surface area contributed by atoms with E-state index < -0.39 is 0 Å². The van der Waals surface area contributed by atoms with Crippen LogP contribution in [0.5, 0.6) is 0 Å². The van der Waals surface area contributed by atoms with Crippen molar-refractivity contribution < 1.29 is 9.66 Å². The van der Waals surface area contributed by atoms with Crippen LogP contribution in [-0.4, -0.2) is 29.9 Å². The Morgan fingerprint density at radius 1 is 1.47 bits per heavy atom. The molecule has 0 bridgehead atoms. The fourth-order valence-electron chi connectivity index (χ4n) is 2.11. The van der Waals surface area contributed by atoms with Crippen molar-refractivity contribution in [3.05, 3.63) is 28.3 Å². The van der Waals surface area contributed by atoms with Gasteiger partial charge in [0.15, 0.2) is 0 Å². The van der Waals surface area contributed by atoms with Gasteiger partial charge in [-0.1, -0.05) is 6.07 Å². The minimum Gasteiger partial charge on any atom is -0.381 e. The molecular formula is C13H18N2O3S. The summed E-state index contributed by atoms with van der Waals surface area (Å²) in [6, 6.07) is 5.46. The van der Waals surface area contributed by atoms with Gasteiger partial charge < -0.3 is 10.1 Å². The number of hydrogen-bond donors (Lipinski definition) is 1. The summed E-state index contributed by atoms with van der Waals surface area (Å²) in [5, 5.41) is 14.7. The maximum atomic E-state index is 11.3. The lowest BCUT2D eigenvalue weighted by molar-refractivity contribution is -0.386. The van der Waals surface area contributed by atoms with Crippen LogP contribution in [0.15, 0.2) is 23.1 Å². The van der Waals surface area contributed by atoms with Gasteiger partial charge in [-0.2, -0.15) is 0 Å². The van der Waals surface area contributed by atoms with Gasteiger partial charge in [-0.05, 0) is 31.9 Å². The van der Waals surface area contributed by atoms with E-state index >= 15 is 0 Å². The Hall–Kier alpha value is -1.27. The molecule has 0 unspecified atom stereocenters. The van der Waals surface area contributed by atoms with Gasteiger partial charge in [0.05, 0.1) is 9.82 Å². The first-order chi connectivity index (χ1) is 9.22. The number of nitrogens with one attached hydrogen (secondary N) is 1. The van der Waals surface area contributed by atoms with Crippen molar-refractivity contribution in [3.8, 4) is 0 Å². The van der Waals surface area contributed by atoms with Gasteiger partial charge in [0.1, 0.15) is 5.69 Å². The minimum absolute atomic E-state index is 0.195. The van der Waals surface area contributed by atoms with E-state index in [1.165, 1.54) is 0 Å². The highest BCUT2D eigenvalue weighted by atomic mass is 32.2. The molecule has 5 nitrogen and oxygen atoms in total. The van der Waals surface area contributed by atoms with Crippen molar-refractivity contribution in [2.75, 3.05) is 25.1 Å². The van der Waals surface area contributed by atoms with E-state index in [9.17, 15) is 10.1 Å². The average Bonchev–Trinajstić information content (AvgIpc) is 2.40. The van der Waals surface area contributed by atoms with Gasteiger partial charge in [0.2, 0.25) is 0 Å². The number of benzene rings is 1. The van der Waals surface area contributed by atoms with Gasteiger partial charge in [0.25, 0.3) is 0 Å². The second kappa shape index (κ2) is 6.77. The maximum Gasteiger partial charge on any atom is 0.305 e. The van der Waals surface area contributed by atoms with E-state index in [1.807, 2.05) is 19.1 Å². The molecule has 1 aromatic rings. The van der Waals surface area contributed by atoms with Crippen LogP contribution in [0, 0.1) is 10.1 Å². The van der Waals surface area contributed by atoms with Crippen molar-refractivity contribution in [2.24, 2.45) is 0 Å². The summed E-state index contributed by atoms with van der Waals surface area (Å²) in [6.07, 6.45) is 1.90. The predicted octanol–water partition coefficient (Wildman–Crippen LogP) is 3.30. The molecular weight excluding hydrogens is 264 g/mol. The second-order valence-electron chi connectivity index (χ2n) is 4.37. The molecule has 1 N–H and O–H groups in total. The Balaban J connectivity index is 2.22. The molecule has 1 saturated heterocycles. The number of nitro benzene ring substituents is 1. The summed E-state index contributed by atoms with van der Waals surface area (Å²) in [4.78, 5) is 11.7. The molecule has 1 aliphatic heterocycles. The molecule has 0 amide bonds. The molecule has 0 radical (unpaired) electrons. The Morgan fingerprint density at radius 2 is 2.21 bits per heavy atom. The molecule has 0 saturated carbocycles. The molecule has 2 rings (SSSR count). The molecule has 6 heteroatoms. The highest BCUT2D eigenvalue weighted by Gasteiger charge is 2.23. The van der Waals surface area contributed by atoms with Crippen molar-refractivity contribution in [1.82, 2.24) is 0 Å². The van der Waals surface area contributed by atoms with E-state index in [1.54, 1.807) is 17.8 Å². The summed E-state index contributed by atoms with van der Waals surface area (Å²) >= 11 is 1.60. The van der Waals surface area contributed by atoms with Crippen LogP contribution in [0.3, 0.4) is 0 Å². The van der Waals surface area contributed by atoms with Crippen LogP contribution < -0.4 is 5.32 Å². The summed E-state index contributed by atoms with van der Waals surface area (Å²) < 4.78 is 5.32. The van der Waals surface area contributed by atoms with Gasteiger partial charge in [-0.25, -0.2) is 0 Å². The molecule has 0 aliphatic carbocycles. The molecule has 104 valence electrons. The standard InChI is InChI=1S/C13H18N2O3S/c1-2-14-11-4-3-5-12(13(11)15(16)17)19-10-6-8-18-9-7-10/h3-5,10,14H,2,6-9H2,1H3. The lowest BCUT2D eigenvalue weighted by Gasteiger charge is -2.21. The van der Waals surface area contributed by atoms with Crippen molar-refractivity contribution >= 4 is 23.1 Å². The minimum atomic E-state index is -0.292. The number of anilines is 1. The molecule has 1 aromatic carbocycles. The number of para-hydroxylation sites is 1. The molecule has 1 fully saturated rings. The normalized spacial score (nSPS) is 16.3. The highest BCUT2D eigenvalue weighted by Crippen LogP contribution is 2.39. The molecule has 0 spiro atoms. The first-order valence-electron chi connectivity index (χ1n) is 6.48. The largest absolute Gasteiger partial charge is 0.381 e. The number of thioether (sulfide) groups is 1. The van der Waals surface area contributed by atoms with Crippen LogP contribution in [-0.2, 0) is 4.74 Å². The third-order valence-electron chi connectivity index (χ3n) is 3.01. The SMILES string of the molecule is CCNc1cccc(SC2CCOCC2)c1[N+](=O)[O-]. The topological polar surface area (TPSA) is 64.4 Å². The smallest absolute Gasteiger partial charge is 0.305 e. The van der Waals surface area contributed by atoms with E-state index in [0.717, 1.165) is 31.0 Å². The number of rotatable bonds is 5. The predicted molar refractivity (Wildman–Crippen MR) is 77.0 cm³/mol. The van der Waals surface area contributed by atoms with E-state index in [4.69, 9.17) is 4.74 Å². The maximum absolute atomic E-state index is 11.3. The van der Waals surface area contributed by atoms with Gasteiger partial charge in [-0.3, -0.25) is 10.1 Å². The van der Waals surface area contributed by atoms with Crippen molar-refractivity contribution in [3.63, 3.8) is 0 Å². The van der Waals surface area contributed by atoms with Crippen molar-refractivity contribution in [1.29, 1.82) is 0 Å². The van der Waals surface area contributed by atoms with Crippen LogP contribution in [0.4, 0.5) is 11.4 Å². The van der Waals surface area contributed by atoms with E-state index in [0.29, 0.717) is 17.5 Å². The third-order valence-corrected chi connectivity index (χ3v) is 4.40. The third kappa shape index (κ3) is 3.61. The molecule has 0 atom stereocenters. The highest BCUT2D eigenvalue weighted by molar-refractivity contribution is 8.00. The average molecular weight is 282 g/mol. The Kier molecular flexibility index (Phi) is 5.04. The zero-order chi connectivity index (χ0) is 13.7. The lowest BCUT2D eigenvalue weighted by atomic mass is 10.2. The zero-order valence-electron chi connectivity index (χ0n) is 10.9. The van der Waals surface area contributed by atoms with Crippen LogP contribution >= 0.6 is 11.8 Å². The second-order valence-corrected chi connectivity index (χ2v) is 5.71. The molecule has 0 aromatic heterocycles.